The SMILES string of the molecule is CCn1cc(-c2ccc3c(n2)N(Cc2ccc4ncccc4c2)N(C)N3)cn1. The fourth-order valence-corrected chi connectivity index (χ4v) is 3.52. The fraction of sp³-hybridized carbons (Fsp3) is 0.190. The van der Waals surface area contributed by atoms with Crippen LogP contribution in [-0.4, -0.2) is 31.9 Å². The maximum Gasteiger partial charge on any atom is 0.170 e. The molecule has 1 aliphatic heterocycles. The van der Waals surface area contributed by atoms with E-state index in [4.69, 9.17) is 4.98 Å². The molecule has 1 aliphatic rings. The summed E-state index contributed by atoms with van der Waals surface area (Å²) < 4.78 is 1.91. The van der Waals surface area contributed by atoms with E-state index in [0.717, 1.165) is 40.2 Å². The molecule has 7 nitrogen and oxygen atoms in total. The van der Waals surface area contributed by atoms with Crippen LogP contribution < -0.4 is 10.4 Å². The second-order valence-electron chi connectivity index (χ2n) is 6.88. The lowest BCUT2D eigenvalue weighted by molar-refractivity contribution is 0.379. The summed E-state index contributed by atoms with van der Waals surface area (Å²) in [7, 11) is 2.00. The number of hydrazine groups is 2. The molecule has 4 aromatic rings. The second kappa shape index (κ2) is 6.61. The van der Waals surface area contributed by atoms with E-state index >= 15 is 0 Å². The summed E-state index contributed by atoms with van der Waals surface area (Å²) in [5, 5.41) is 9.62. The molecule has 1 N–H and O–H groups in total. The van der Waals surface area contributed by atoms with Crippen molar-refractivity contribution in [2.45, 2.75) is 20.0 Å². The number of hydrogen-bond donors (Lipinski definition) is 1. The summed E-state index contributed by atoms with van der Waals surface area (Å²) in [5.74, 6) is 0.913. The van der Waals surface area contributed by atoms with Gasteiger partial charge in [-0.15, -0.1) is 5.12 Å². The first-order valence-corrected chi connectivity index (χ1v) is 9.36. The Morgan fingerprint density at radius 1 is 1.11 bits per heavy atom. The molecule has 0 bridgehead atoms. The van der Waals surface area contributed by atoms with Crippen LogP contribution in [0.25, 0.3) is 22.2 Å². The zero-order valence-electron chi connectivity index (χ0n) is 15.9. The van der Waals surface area contributed by atoms with Crippen molar-refractivity contribution in [2.24, 2.45) is 0 Å². The highest BCUT2D eigenvalue weighted by atomic mass is 15.8. The van der Waals surface area contributed by atoms with Gasteiger partial charge in [0.25, 0.3) is 0 Å². The molecule has 0 unspecified atom stereocenters. The van der Waals surface area contributed by atoms with E-state index in [0.29, 0.717) is 6.54 Å². The zero-order valence-corrected chi connectivity index (χ0v) is 15.9. The fourth-order valence-electron chi connectivity index (χ4n) is 3.52. The minimum absolute atomic E-state index is 0.714. The molecular formula is C21H21N7. The van der Waals surface area contributed by atoms with Gasteiger partial charge >= 0.3 is 0 Å². The number of benzene rings is 1. The summed E-state index contributed by atoms with van der Waals surface area (Å²) in [6.45, 7) is 3.64. The van der Waals surface area contributed by atoms with E-state index < -0.39 is 0 Å². The molecular weight excluding hydrogens is 350 g/mol. The normalized spacial score (nSPS) is 13.7. The van der Waals surface area contributed by atoms with Gasteiger partial charge in [-0.05, 0) is 42.8 Å². The van der Waals surface area contributed by atoms with E-state index in [1.165, 1.54) is 5.56 Å². The van der Waals surface area contributed by atoms with Crippen molar-refractivity contribution in [3.05, 3.63) is 66.6 Å². The van der Waals surface area contributed by atoms with Crippen LogP contribution in [0, 0.1) is 0 Å². The predicted molar refractivity (Wildman–Crippen MR) is 110 cm³/mol. The monoisotopic (exact) mass is 371 g/mol. The molecule has 0 fully saturated rings. The van der Waals surface area contributed by atoms with Gasteiger partial charge in [-0.2, -0.15) is 5.10 Å². The number of pyridine rings is 2. The summed E-state index contributed by atoms with van der Waals surface area (Å²) in [5.41, 5.74) is 8.51. The van der Waals surface area contributed by atoms with Crippen LogP contribution in [0.4, 0.5) is 11.5 Å². The number of fused-ring (bicyclic) bond motifs is 2. The molecule has 140 valence electrons. The van der Waals surface area contributed by atoms with Gasteiger partial charge < -0.3 is 0 Å². The molecule has 0 saturated heterocycles. The number of nitrogens with zero attached hydrogens (tertiary/aromatic N) is 6. The van der Waals surface area contributed by atoms with Gasteiger partial charge in [0.2, 0.25) is 0 Å². The van der Waals surface area contributed by atoms with Gasteiger partial charge in [0.05, 0.1) is 29.6 Å². The number of anilines is 2. The average Bonchev–Trinajstić information content (AvgIpc) is 3.32. The molecule has 28 heavy (non-hydrogen) atoms. The Morgan fingerprint density at radius 2 is 2.04 bits per heavy atom. The lowest BCUT2D eigenvalue weighted by Gasteiger charge is -2.25. The van der Waals surface area contributed by atoms with Gasteiger partial charge in [0, 0.05) is 36.9 Å². The molecule has 0 aliphatic carbocycles. The van der Waals surface area contributed by atoms with E-state index in [2.05, 4.69) is 57.8 Å². The molecule has 7 heteroatoms. The lowest BCUT2D eigenvalue weighted by Crippen LogP contribution is -2.37. The van der Waals surface area contributed by atoms with Crippen molar-refractivity contribution in [1.82, 2.24) is 24.9 Å². The maximum absolute atomic E-state index is 4.92. The Kier molecular flexibility index (Phi) is 3.95. The topological polar surface area (TPSA) is 62.1 Å². The lowest BCUT2D eigenvalue weighted by atomic mass is 10.1. The van der Waals surface area contributed by atoms with E-state index in [1.807, 2.05) is 47.6 Å². The van der Waals surface area contributed by atoms with Gasteiger partial charge in [-0.3, -0.25) is 20.1 Å². The summed E-state index contributed by atoms with van der Waals surface area (Å²) in [6, 6.07) is 14.5. The Bertz CT molecular complexity index is 1150. The summed E-state index contributed by atoms with van der Waals surface area (Å²) >= 11 is 0. The molecule has 0 spiro atoms. The number of aromatic nitrogens is 4. The summed E-state index contributed by atoms with van der Waals surface area (Å²) in [6.07, 6.45) is 5.72. The largest absolute Gasteiger partial charge is 0.298 e. The van der Waals surface area contributed by atoms with Crippen LogP contribution in [0.2, 0.25) is 0 Å². The van der Waals surface area contributed by atoms with Crippen LogP contribution in [0.3, 0.4) is 0 Å². The van der Waals surface area contributed by atoms with E-state index in [1.54, 1.807) is 0 Å². The average molecular weight is 371 g/mol. The van der Waals surface area contributed by atoms with Crippen molar-refractivity contribution < 1.29 is 0 Å². The van der Waals surface area contributed by atoms with Crippen molar-refractivity contribution in [3.8, 4) is 11.3 Å². The highest BCUT2D eigenvalue weighted by Crippen LogP contribution is 2.34. The third-order valence-corrected chi connectivity index (χ3v) is 5.02. The number of rotatable bonds is 4. The van der Waals surface area contributed by atoms with Gasteiger partial charge in [-0.25, -0.2) is 4.98 Å². The molecule has 4 heterocycles. The third-order valence-electron chi connectivity index (χ3n) is 5.02. The quantitative estimate of drug-likeness (QED) is 0.590. The molecule has 0 radical (unpaired) electrons. The highest BCUT2D eigenvalue weighted by Gasteiger charge is 2.26. The summed E-state index contributed by atoms with van der Waals surface area (Å²) in [4.78, 5) is 9.32. The molecule has 5 rings (SSSR count). The maximum atomic E-state index is 4.92. The molecule has 3 aromatic heterocycles. The zero-order chi connectivity index (χ0) is 19.1. The Morgan fingerprint density at radius 3 is 2.89 bits per heavy atom. The smallest absolute Gasteiger partial charge is 0.170 e. The first-order chi connectivity index (χ1) is 13.7. The van der Waals surface area contributed by atoms with Crippen molar-refractivity contribution in [2.75, 3.05) is 17.5 Å². The highest BCUT2D eigenvalue weighted by molar-refractivity contribution is 5.79. The number of nitrogens with one attached hydrogen (secondary N) is 1. The third kappa shape index (κ3) is 2.86. The van der Waals surface area contributed by atoms with E-state index in [-0.39, 0.29) is 0 Å². The molecule has 0 atom stereocenters. The van der Waals surface area contributed by atoms with Gasteiger partial charge in [0.1, 0.15) is 0 Å². The van der Waals surface area contributed by atoms with Crippen LogP contribution in [0.1, 0.15) is 12.5 Å². The Hall–Kier alpha value is -3.45. The van der Waals surface area contributed by atoms with Crippen LogP contribution in [0.5, 0.6) is 0 Å². The first kappa shape index (κ1) is 16.7. The second-order valence-corrected chi connectivity index (χ2v) is 6.88. The Balaban J connectivity index is 1.48. The molecule has 1 aromatic carbocycles. The predicted octanol–water partition coefficient (Wildman–Crippen LogP) is 3.71. The van der Waals surface area contributed by atoms with E-state index in [9.17, 15) is 0 Å². The number of aryl methyl sites for hydroxylation is 1. The van der Waals surface area contributed by atoms with Crippen molar-refractivity contribution in [1.29, 1.82) is 0 Å². The van der Waals surface area contributed by atoms with Gasteiger partial charge in [0.15, 0.2) is 5.82 Å². The van der Waals surface area contributed by atoms with Crippen molar-refractivity contribution >= 4 is 22.4 Å². The van der Waals surface area contributed by atoms with Gasteiger partial charge in [-0.1, -0.05) is 12.1 Å². The van der Waals surface area contributed by atoms with Crippen LogP contribution in [0.15, 0.2) is 61.1 Å². The minimum atomic E-state index is 0.714. The minimum Gasteiger partial charge on any atom is -0.298 e. The Labute approximate surface area is 163 Å². The van der Waals surface area contributed by atoms with Crippen molar-refractivity contribution in [3.63, 3.8) is 0 Å². The van der Waals surface area contributed by atoms with Crippen LogP contribution >= 0.6 is 0 Å². The first-order valence-electron chi connectivity index (χ1n) is 9.36. The standard InChI is InChI=1S/C21H21N7/c1-3-27-14-17(12-23-27)19-8-9-20-21(24-19)28(26(2)25-20)13-15-6-7-18-16(11-15)5-4-10-22-18/h4-12,14,25H,3,13H2,1-2H3. The number of hydrogen-bond acceptors (Lipinski definition) is 6. The molecule has 0 saturated carbocycles. The van der Waals surface area contributed by atoms with Crippen LogP contribution in [-0.2, 0) is 13.1 Å². The molecule has 0 amide bonds.